The van der Waals surface area contributed by atoms with E-state index in [1.54, 1.807) is 14.0 Å². The zero-order valence-electron chi connectivity index (χ0n) is 11.6. The molecule has 2 amide bonds. The minimum Gasteiger partial charge on any atom is -0.357 e. The summed E-state index contributed by atoms with van der Waals surface area (Å²) in [6.45, 7) is 3.42. The van der Waals surface area contributed by atoms with Crippen LogP contribution in [0, 0.1) is 11.3 Å². The molecule has 0 aromatic carbocycles. The highest BCUT2D eigenvalue weighted by Crippen LogP contribution is 2.43. The van der Waals surface area contributed by atoms with Gasteiger partial charge < -0.3 is 16.0 Å². The van der Waals surface area contributed by atoms with Gasteiger partial charge in [-0.25, -0.2) is 0 Å². The van der Waals surface area contributed by atoms with Crippen molar-refractivity contribution in [2.45, 2.75) is 38.6 Å². The fourth-order valence-electron chi connectivity index (χ4n) is 3.31. The molecule has 110 valence electrons. The second-order valence-corrected chi connectivity index (χ2v) is 5.54. The normalized spacial score (nSPS) is 30.7. The highest BCUT2D eigenvalue weighted by Gasteiger charge is 2.50. The number of hydrogen-bond acceptors (Lipinski definition) is 3. The van der Waals surface area contributed by atoms with Crippen LogP contribution in [0.2, 0.25) is 0 Å². The quantitative estimate of drug-likeness (QED) is 0.706. The molecule has 1 aliphatic carbocycles. The van der Waals surface area contributed by atoms with Gasteiger partial charge in [-0.05, 0) is 32.2 Å². The number of likely N-dealkylation sites (N-methyl/N-ethyl adjacent to an activating group) is 1. The maximum Gasteiger partial charge on any atom is 0.242 e. The molecule has 2 rings (SSSR count). The highest BCUT2D eigenvalue weighted by molar-refractivity contribution is 5.90. The monoisotopic (exact) mass is 289 g/mol. The van der Waals surface area contributed by atoms with Gasteiger partial charge in [0.1, 0.15) is 6.04 Å². The first-order valence-electron chi connectivity index (χ1n) is 6.83. The van der Waals surface area contributed by atoms with Gasteiger partial charge in [0.25, 0.3) is 0 Å². The van der Waals surface area contributed by atoms with Gasteiger partial charge in [-0.1, -0.05) is 12.8 Å². The summed E-state index contributed by atoms with van der Waals surface area (Å²) in [6.07, 6.45) is 4.39. The molecule has 5 nitrogen and oxygen atoms in total. The Bertz CT molecular complexity index is 351. The standard InChI is InChI=1S/C13H23N3O2.ClH/c1-9(11(17)14-2)16-12(18)13-6-4-3-5-10(13)7-15-8-13;/h9-10,15H,3-8H2,1-2H3,(H,14,17)(H,16,18);1H/t9-,10+,13-;/m1./s1. The summed E-state index contributed by atoms with van der Waals surface area (Å²) >= 11 is 0. The minimum atomic E-state index is -0.458. The van der Waals surface area contributed by atoms with Crippen LogP contribution in [0.15, 0.2) is 0 Å². The molecule has 19 heavy (non-hydrogen) atoms. The average molecular weight is 290 g/mol. The Hall–Kier alpha value is -0.810. The van der Waals surface area contributed by atoms with Gasteiger partial charge in [-0.15, -0.1) is 12.4 Å². The van der Waals surface area contributed by atoms with Crippen molar-refractivity contribution in [3.63, 3.8) is 0 Å². The lowest BCUT2D eigenvalue weighted by molar-refractivity contribution is -0.137. The van der Waals surface area contributed by atoms with E-state index in [1.807, 2.05) is 0 Å². The molecule has 0 bridgehead atoms. The lowest BCUT2D eigenvalue weighted by Crippen LogP contribution is -2.53. The predicted molar refractivity (Wildman–Crippen MR) is 76.2 cm³/mol. The van der Waals surface area contributed by atoms with Crippen LogP contribution in [0.5, 0.6) is 0 Å². The summed E-state index contributed by atoms with van der Waals surface area (Å²) < 4.78 is 0. The first-order valence-corrected chi connectivity index (χ1v) is 6.83. The molecule has 1 aliphatic heterocycles. The third kappa shape index (κ3) is 3.03. The van der Waals surface area contributed by atoms with Crippen LogP contribution in [-0.2, 0) is 9.59 Å². The van der Waals surface area contributed by atoms with Crippen LogP contribution >= 0.6 is 12.4 Å². The molecule has 0 aromatic heterocycles. The number of nitrogens with one attached hydrogen (secondary N) is 3. The maximum absolute atomic E-state index is 12.5. The molecule has 3 N–H and O–H groups in total. The lowest BCUT2D eigenvalue weighted by atomic mass is 9.67. The van der Waals surface area contributed by atoms with Crippen LogP contribution in [0.3, 0.4) is 0 Å². The van der Waals surface area contributed by atoms with E-state index in [4.69, 9.17) is 0 Å². The summed E-state index contributed by atoms with van der Waals surface area (Å²) in [5, 5.41) is 8.77. The average Bonchev–Trinajstić information content (AvgIpc) is 2.82. The van der Waals surface area contributed by atoms with Gasteiger partial charge in [0.05, 0.1) is 5.41 Å². The third-order valence-corrected chi connectivity index (χ3v) is 4.48. The Morgan fingerprint density at radius 3 is 2.79 bits per heavy atom. The number of rotatable bonds is 3. The molecular formula is C13H24ClN3O2. The Morgan fingerprint density at radius 2 is 2.11 bits per heavy atom. The molecule has 0 radical (unpaired) electrons. The molecule has 0 spiro atoms. The van der Waals surface area contributed by atoms with Crippen molar-refractivity contribution in [2.24, 2.45) is 11.3 Å². The van der Waals surface area contributed by atoms with E-state index in [9.17, 15) is 9.59 Å². The fraction of sp³-hybridized carbons (Fsp3) is 0.846. The summed E-state index contributed by atoms with van der Waals surface area (Å²) in [5.74, 6) is 0.342. The Labute approximate surface area is 120 Å². The first-order chi connectivity index (χ1) is 8.60. The van der Waals surface area contributed by atoms with Crippen molar-refractivity contribution in [1.29, 1.82) is 0 Å². The van der Waals surface area contributed by atoms with Crippen LogP contribution in [-0.4, -0.2) is 38.0 Å². The molecule has 1 saturated carbocycles. The van der Waals surface area contributed by atoms with Gasteiger partial charge in [-0.2, -0.15) is 0 Å². The molecule has 3 atom stereocenters. The summed E-state index contributed by atoms with van der Waals surface area (Å²) in [5.41, 5.74) is -0.277. The second-order valence-electron chi connectivity index (χ2n) is 5.54. The van der Waals surface area contributed by atoms with E-state index in [0.29, 0.717) is 5.92 Å². The summed E-state index contributed by atoms with van der Waals surface area (Å²) in [7, 11) is 1.59. The van der Waals surface area contributed by atoms with E-state index in [1.165, 1.54) is 6.42 Å². The number of hydrogen-bond donors (Lipinski definition) is 3. The molecule has 2 fully saturated rings. The molecule has 0 aromatic rings. The Morgan fingerprint density at radius 1 is 1.37 bits per heavy atom. The van der Waals surface area contributed by atoms with Crippen LogP contribution in [0.1, 0.15) is 32.6 Å². The molecular weight excluding hydrogens is 266 g/mol. The smallest absolute Gasteiger partial charge is 0.242 e. The van der Waals surface area contributed by atoms with Crippen LogP contribution in [0.4, 0.5) is 0 Å². The topological polar surface area (TPSA) is 70.2 Å². The van der Waals surface area contributed by atoms with Gasteiger partial charge in [-0.3, -0.25) is 9.59 Å². The number of halogens is 1. The molecule has 2 aliphatic rings. The van der Waals surface area contributed by atoms with Gasteiger partial charge in [0.15, 0.2) is 0 Å². The van der Waals surface area contributed by atoms with Crippen molar-refractivity contribution in [3.8, 4) is 0 Å². The van der Waals surface area contributed by atoms with Crippen LogP contribution < -0.4 is 16.0 Å². The number of carbonyl (C=O) groups excluding carboxylic acids is 2. The molecule has 1 heterocycles. The molecule has 1 saturated heterocycles. The highest BCUT2D eigenvalue weighted by atomic mass is 35.5. The first kappa shape index (κ1) is 16.2. The van der Waals surface area contributed by atoms with Crippen molar-refractivity contribution in [2.75, 3.05) is 20.1 Å². The summed E-state index contributed by atoms with van der Waals surface area (Å²) in [4.78, 5) is 24.0. The Balaban J connectivity index is 0.00000180. The number of carbonyl (C=O) groups is 2. The van der Waals surface area contributed by atoms with Crippen molar-refractivity contribution in [1.82, 2.24) is 16.0 Å². The zero-order chi connectivity index (χ0) is 13.2. The SMILES string of the molecule is CNC(=O)[C@@H](C)NC(=O)[C@@]12CCCC[C@H]1CNC2.Cl. The van der Waals surface area contributed by atoms with Crippen molar-refractivity contribution in [3.05, 3.63) is 0 Å². The lowest BCUT2D eigenvalue weighted by Gasteiger charge is -2.37. The second kappa shape index (κ2) is 6.57. The van der Waals surface area contributed by atoms with E-state index in [0.717, 1.165) is 32.4 Å². The Kier molecular flexibility index (Phi) is 5.62. The predicted octanol–water partition coefficient (Wildman–Crippen LogP) is 0.439. The zero-order valence-corrected chi connectivity index (χ0v) is 12.4. The third-order valence-electron chi connectivity index (χ3n) is 4.48. The molecule has 0 unspecified atom stereocenters. The maximum atomic E-state index is 12.5. The van der Waals surface area contributed by atoms with Crippen molar-refractivity contribution >= 4 is 24.2 Å². The van der Waals surface area contributed by atoms with Gasteiger partial charge >= 0.3 is 0 Å². The van der Waals surface area contributed by atoms with Crippen LogP contribution in [0.25, 0.3) is 0 Å². The van der Waals surface area contributed by atoms with E-state index in [-0.39, 0.29) is 29.6 Å². The van der Waals surface area contributed by atoms with E-state index >= 15 is 0 Å². The van der Waals surface area contributed by atoms with E-state index < -0.39 is 6.04 Å². The van der Waals surface area contributed by atoms with Gasteiger partial charge in [0.2, 0.25) is 11.8 Å². The fourth-order valence-corrected chi connectivity index (χ4v) is 3.31. The minimum absolute atomic E-state index is 0. The number of amides is 2. The van der Waals surface area contributed by atoms with Crippen molar-refractivity contribution < 1.29 is 9.59 Å². The van der Waals surface area contributed by atoms with Gasteiger partial charge in [0, 0.05) is 13.6 Å². The summed E-state index contributed by atoms with van der Waals surface area (Å²) in [6, 6.07) is -0.458. The number of fused-ring (bicyclic) bond motifs is 1. The van der Waals surface area contributed by atoms with E-state index in [2.05, 4.69) is 16.0 Å². The largest absolute Gasteiger partial charge is 0.357 e. The molecule has 6 heteroatoms.